The fraction of sp³-hybridized carbons (Fsp3) is 0.565. The largest absolute Gasteiger partial charge is 0.342 e. The van der Waals surface area contributed by atoms with Crippen molar-refractivity contribution in [3.05, 3.63) is 35.8 Å². The number of piperidine rings is 1. The molecule has 1 spiro atoms. The van der Waals surface area contributed by atoms with Crippen LogP contribution in [0.3, 0.4) is 0 Å². The molecule has 5 nitrogen and oxygen atoms in total. The molecule has 0 radical (unpaired) electrons. The molecule has 2 amide bonds. The van der Waals surface area contributed by atoms with Gasteiger partial charge in [0.05, 0.1) is 5.41 Å². The minimum absolute atomic E-state index is 0.0649. The van der Waals surface area contributed by atoms with E-state index < -0.39 is 5.41 Å². The summed E-state index contributed by atoms with van der Waals surface area (Å²) in [6, 6.07) is 6.34. The van der Waals surface area contributed by atoms with Gasteiger partial charge in [-0.3, -0.25) is 9.59 Å². The van der Waals surface area contributed by atoms with E-state index in [-0.39, 0.29) is 17.6 Å². The summed E-state index contributed by atoms with van der Waals surface area (Å²) < 4.78 is 15.4. The average Bonchev–Trinajstić information content (AvgIpc) is 3.23. The molecular weight excluding hydrogens is 369 g/mol. The molecule has 2 aromatic rings. The third kappa shape index (κ3) is 3.04. The maximum absolute atomic E-state index is 13.6. The molecule has 154 valence electrons. The summed E-state index contributed by atoms with van der Waals surface area (Å²) in [6.07, 6.45) is 6.41. The van der Waals surface area contributed by atoms with Gasteiger partial charge in [0.1, 0.15) is 11.5 Å². The summed E-state index contributed by atoms with van der Waals surface area (Å²) in [4.78, 5) is 30.5. The molecule has 1 aromatic carbocycles. The SMILES string of the molecule is Cn1c(C(=O)N2CCC3(CCCN(CC4CCC4)C3=O)C2)cc2cc(F)ccc21. The summed E-state index contributed by atoms with van der Waals surface area (Å²) in [5.74, 6) is 0.556. The first kappa shape index (κ1) is 18.6. The van der Waals surface area contributed by atoms with Crippen molar-refractivity contribution in [3.63, 3.8) is 0 Å². The maximum Gasteiger partial charge on any atom is 0.270 e. The third-order valence-electron chi connectivity index (χ3n) is 7.39. The number of aromatic nitrogens is 1. The topological polar surface area (TPSA) is 45.6 Å². The van der Waals surface area contributed by atoms with Crippen LogP contribution in [0.2, 0.25) is 0 Å². The lowest BCUT2D eigenvalue weighted by atomic mass is 9.77. The van der Waals surface area contributed by atoms with Crippen LogP contribution in [0.1, 0.15) is 49.0 Å². The van der Waals surface area contributed by atoms with Crippen LogP contribution >= 0.6 is 0 Å². The van der Waals surface area contributed by atoms with Gasteiger partial charge in [0.2, 0.25) is 5.91 Å². The van der Waals surface area contributed by atoms with E-state index in [1.165, 1.54) is 31.4 Å². The van der Waals surface area contributed by atoms with E-state index in [1.807, 2.05) is 16.5 Å². The number of likely N-dealkylation sites (tertiary alicyclic amines) is 2. The van der Waals surface area contributed by atoms with E-state index in [1.54, 1.807) is 12.1 Å². The molecule has 29 heavy (non-hydrogen) atoms. The Hall–Kier alpha value is -2.37. The van der Waals surface area contributed by atoms with E-state index in [4.69, 9.17) is 0 Å². The molecule has 3 heterocycles. The van der Waals surface area contributed by atoms with Gasteiger partial charge in [-0.05, 0) is 62.3 Å². The number of benzene rings is 1. The Kier molecular flexibility index (Phi) is 4.41. The normalized spacial score (nSPS) is 25.2. The second-order valence-corrected chi connectivity index (χ2v) is 9.20. The Balaban J connectivity index is 1.35. The second kappa shape index (κ2) is 6.85. The highest BCUT2D eigenvalue weighted by Crippen LogP contribution is 2.41. The number of carbonyl (C=O) groups is 2. The van der Waals surface area contributed by atoms with Crippen LogP contribution in [0, 0.1) is 17.2 Å². The maximum atomic E-state index is 13.6. The lowest BCUT2D eigenvalue weighted by Gasteiger charge is -2.42. The van der Waals surface area contributed by atoms with Gasteiger partial charge < -0.3 is 14.4 Å². The smallest absolute Gasteiger partial charge is 0.270 e. The number of fused-ring (bicyclic) bond motifs is 1. The molecule has 2 aliphatic heterocycles. The monoisotopic (exact) mass is 397 g/mol. The van der Waals surface area contributed by atoms with Gasteiger partial charge in [0.25, 0.3) is 5.91 Å². The minimum Gasteiger partial charge on any atom is -0.342 e. The summed E-state index contributed by atoms with van der Waals surface area (Å²) in [5, 5.41) is 0.727. The molecule has 3 aliphatic rings. The first-order chi connectivity index (χ1) is 14.0. The van der Waals surface area contributed by atoms with E-state index >= 15 is 0 Å². The Labute approximate surface area is 170 Å². The predicted molar refractivity (Wildman–Crippen MR) is 109 cm³/mol. The zero-order valence-electron chi connectivity index (χ0n) is 17.0. The molecule has 1 atom stereocenters. The second-order valence-electron chi connectivity index (χ2n) is 9.20. The highest BCUT2D eigenvalue weighted by molar-refractivity contribution is 5.99. The molecule has 1 aromatic heterocycles. The fourth-order valence-corrected chi connectivity index (χ4v) is 5.43. The van der Waals surface area contributed by atoms with Gasteiger partial charge in [-0.25, -0.2) is 4.39 Å². The van der Waals surface area contributed by atoms with Crippen LogP contribution in [0.15, 0.2) is 24.3 Å². The van der Waals surface area contributed by atoms with Gasteiger partial charge in [-0.2, -0.15) is 0 Å². The van der Waals surface area contributed by atoms with Crippen LogP contribution in [0.5, 0.6) is 0 Å². The van der Waals surface area contributed by atoms with Crippen LogP contribution < -0.4 is 0 Å². The predicted octanol–water partition coefficient (Wildman–Crippen LogP) is 3.57. The molecule has 0 N–H and O–H groups in total. The van der Waals surface area contributed by atoms with E-state index in [0.717, 1.165) is 43.3 Å². The van der Waals surface area contributed by atoms with E-state index in [2.05, 4.69) is 4.90 Å². The molecule has 1 aliphatic carbocycles. The summed E-state index contributed by atoms with van der Waals surface area (Å²) >= 11 is 0. The molecule has 0 bridgehead atoms. The molecule has 1 unspecified atom stereocenters. The molecule has 1 saturated carbocycles. The number of nitrogens with zero attached hydrogens (tertiary/aromatic N) is 3. The van der Waals surface area contributed by atoms with Gasteiger partial charge in [0, 0.05) is 44.1 Å². The van der Waals surface area contributed by atoms with Crippen LogP contribution in [-0.2, 0) is 11.8 Å². The van der Waals surface area contributed by atoms with Gasteiger partial charge in [0.15, 0.2) is 0 Å². The highest BCUT2D eigenvalue weighted by Gasteiger charge is 2.50. The zero-order chi connectivity index (χ0) is 20.2. The van der Waals surface area contributed by atoms with Crippen molar-refractivity contribution in [1.29, 1.82) is 0 Å². The van der Waals surface area contributed by atoms with Gasteiger partial charge in [-0.1, -0.05) is 6.42 Å². The van der Waals surface area contributed by atoms with Crippen molar-refractivity contribution >= 4 is 22.7 Å². The Morgan fingerprint density at radius 3 is 2.76 bits per heavy atom. The van der Waals surface area contributed by atoms with E-state index in [9.17, 15) is 14.0 Å². The zero-order valence-corrected chi connectivity index (χ0v) is 17.0. The van der Waals surface area contributed by atoms with Crippen molar-refractivity contribution in [2.24, 2.45) is 18.4 Å². The summed E-state index contributed by atoms with van der Waals surface area (Å²) in [6.45, 7) is 2.86. The van der Waals surface area contributed by atoms with Crippen molar-refractivity contribution in [3.8, 4) is 0 Å². The Bertz CT molecular complexity index is 980. The molecule has 3 fully saturated rings. The fourth-order valence-electron chi connectivity index (χ4n) is 5.43. The number of amides is 2. The lowest BCUT2D eigenvalue weighted by Crippen LogP contribution is -2.52. The Morgan fingerprint density at radius 1 is 1.17 bits per heavy atom. The third-order valence-corrected chi connectivity index (χ3v) is 7.39. The first-order valence-electron chi connectivity index (χ1n) is 10.8. The van der Waals surface area contributed by atoms with Crippen molar-refractivity contribution in [2.75, 3.05) is 26.2 Å². The lowest BCUT2D eigenvalue weighted by molar-refractivity contribution is -0.146. The standard InChI is InChI=1S/C23H28FN3O2/c1-25-19-7-6-18(24)12-17(19)13-20(25)21(28)27-11-9-23(15-27)8-3-10-26(22(23)29)14-16-4-2-5-16/h6-7,12-13,16H,2-5,8-11,14-15H2,1H3. The van der Waals surface area contributed by atoms with Crippen molar-refractivity contribution in [1.82, 2.24) is 14.4 Å². The quantitative estimate of drug-likeness (QED) is 0.795. The molecule has 6 heteroatoms. The first-order valence-corrected chi connectivity index (χ1v) is 10.8. The highest BCUT2D eigenvalue weighted by atomic mass is 19.1. The van der Waals surface area contributed by atoms with Crippen molar-refractivity contribution in [2.45, 2.75) is 38.5 Å². The molecular formula is C23H28FN3O2. The van der Waals surface area contributed by atoms with E-state index in [0.29, 0.717) is 24.7 Å². The molecule has 5 rings (SSSR count). The number of hydrogen-bond donors (Lipinski definition) is 0. The van der Waals surface area contributed by atoms with Crippen LogP contribution in [-0.4, -0.2) is 52.4 Å². The average molecular weight is 397 g/mol. The number of hydrogen-bond acceptors (Lipinski definition) is 2. The number of halogens is 1. The Morgan fingerprint density at radius 2 is 2.00 bits per heavy atom. The van der Waals surface area contributed by atoms with Crippen molar-refractivity contribution < 1.29 is 14.0 Å². The van der Waals surface area contributed by atoms with Gasteiger partial charge in [-0.15, -0.1) is 0 Å². The number of aryl methyl sites for hydroxylation is 1. The summed E-state index contributed by atoms with van der Waals surface area (Å²) in [7, 11) is 1.84. The van der Waals surface area contributed by atoms with Gasteiger partial charge >= 0.3 is 0 Å². The van der Waals surface area contributed by atoms with Crippen LogP contribution in [0.4, 0.5) is 4.39 Å². The minimum atomic E-state index is -0.408. The number of carbonyl (C=O) groups excluding carboxylic acids is 2. The molecule has 2 saturated heterocycles. The number of rotatable bonds is 3. The summed E-state index contributed by atoms with van der Waals surface area (Å²) in [5.41, 5.74) is 0.982. The van der Waals surface area contributed by atoms with Crippen LogP contribution in [0.25, 0.3) is 10.9 Å².